The van der Waals surface area contributed by atoms with E-state index in [0.29, 0.717) is 6.04 Å². The topological polar surface area (TPSA) is 54.3 Å². The zero-order chi connectivity index (χ0) is 17.4. The van der Waals surface area contributed by atoms with Crippen molar-refractivity contribution in [3.63, 3.8) is 0 Å². The van der Waals surface area contributed by atoms with Gasteiger partial charge in [-0.1, -0.05) is 0 Å². The molecule has 132 valence electrons. The lowest BCUT2D eigenvalue weighted by molar-refractivity contribution is 0.196. The Balaban J connectivity index is 1.36. The van der Waals surface area contributed by atoms with E-state index >= 15 is 0 Å². The van der Waals surface area contributed by atoms with E-state index in [-0.39, 0.29) is 5.56 Å². The van der Waals surface area contributed by atoms with Crippen molar-refractivity contribution in [2.24, 2.45) is 7.05 Å². The molecule has 25 heavy (non-hydrogen) atoms. The maximum Gasteiger partial charge on any atom is 0.250 e. The molecule has 2 aromatic heterocycles. The Kier molecular flexibility index (Phi) is 4.29. The van der Waals surface area contributed by atoms with E-state index in [9.17, 15) is 4.79 Å². The molecule has 6 heteroatoms. The van der Waals surface area contributed by atoms with Gasteiger partial charge in [0, 0.05) is 45.0 Å². The van der Waals surface area contributed by atoms with Crippen molar-refractivity contribution in [3.05, 3.63) is 51.6 Å². The molecule has 6 nitrogen and oxygen atoms in total. The van der Waals surface area contributed by atoms with Gasteiger partial charge >= 0.3 is 0 Å². The lowest BCUT2D eigenvalue weighted by Gasteiger charge is -2.44. The summed E-state index contributed by atoms with van der Waals surface area (Å²) in [6.45, 7) is 2.73. The summed E-state index contributed by atoms with van der Waals surface area (Å²) in [4.78, 5) is 16.4. The summed E-state index contributed by atoms with van der Waals surface area (Å²) in [5, 5.41) is 8.86. The van der Waals surface area contributed by atoms with Crippen molar-refractivity contribution in [1.29, 1.82) is 0 Å². The van der Waals surface area contributed by atoms with Gasteiger partial charge in [0.05, 0.1) is 5.69 Å². The van der Waals surface area contributed by atoms with Gasteiger partial charge < -0.3 is 9.47 Å². The van der Waals surface area contributed by atoms with Crippen LogP contribution in [0.25, 0.3) is 0 Å². The average molecular weight is 339 g/mol. The summed E-state index contributed by atoms with van der Waals surface area (Å²) >= 11 is 0. The maximum absolute atomic E-state index is 11.8. The fraction of sp³-hybridized carbons (Fsp3) is 0.526. The van der Waals surface area contributed by atoms with Crippen molar-refractivity contribution >= 4 is 5.82 Å². The Morgan fingerprint density at radius 3 is 2.80 bits per heavy atom. The number of rotatable bonds is 4. The van der Waals surface area contributed by atoms with E-state index in [1.807, 2.05) is 12.3 Å². The number of fused-ring (bicyclic) bond motifs is 1. The van der Waals surface area contributed by atoms with Gasteiger partial charge in [-0.2, -0.15) is 5.10 Å². The molecule has 0 aromatic carbocycles. The van der Waals surface area contributed by atoms with E-state index in [0.717, 1.165) is 43.9 Å². The molecule has 1 fully saturated rings. The number of nitrogens with zero attached hydrogens (tertiary/aromatic N) is 5. The molecule has 0 atom stereocenters. The lowest BCUT2D eigenvalue weighted by Crippen LogP contribution is -2.58. The smallest absolute Gasteiger partial charge is 0.250 e. The first kappa shape index (κ1) is 16.3. The van der Waals surface area contributed by atoms with Gasteiger partial charge in [-0.15, -0.1) is 5.10 Å². The lowest BCUT2D eigenvalue weighted by atomic mass is 9.96. The summed E-state index contributed by atoms with van der Waals surface area (Å²) < 4.78 is 1.60. The van der Waals surface area contributed by atoms with Crippen LogP contribution in [-0.4, -0.2) is 45.8 Å². The van der Waals surface area contributed by atoms with Gasteiger partial charge in [0.25, 0.3) is 5.56 Å². The molecule has 1 aliphatic carbocycles. The molecule has 0 spiro atoms. The van der Waals surface area contributed by atoms with Gasteiger partial charge in [-0.3, -0.25) is 9.69 Å². The Hall–Kier alpha value is -2.21. The fourth-order valence-electron chi connectivity index (χ4n) is 3.66. The molecule has 0 bridgehead atoms. The number of aryl methyl sites for hydroxylation is 3. The van der Waals surface area contributed by atoms with Crippen LogP contribution < -0.4 is 10.5 Å². The van der Waals surface area contributed by atoms with Crippen molar-refractivity contribution in [2.75, 3.05) is 25.0 Å². The Morgan fingerprint density at radius 2 is 2.00 bits per heavy atom. The number of hydrogen-bond acceptors (Lipinski definition) is 5. The van der Waals surface area contributed by atoms with Crippen LogP contribution in [0, 0.1) is 0 Å². The standard InChI is InChI=1S/C19H25N5O/c1-22-8-7-14(9-19(22)25)11-23(2)16-12-24(13-16)18-10-15-5-3-4-6-17(15)20-21-18/h7-10,16H,3-6,11-13H2,1-2H3. The third-order valence-electron chi connectivity index (χ3n) is 5.47. The minimum atomic E-state index is 0.0467. The minimum absolute atomic E-state index is 0.0467. The van der Waals surface area contributed by atoms with Crippen LogP contribution in [0.2, 0.25) is 0 Å². The molecule has 0 N–H and O–H groups in total. The van der Waals surface area contributed by atoms with Crippen molar-refractivity contribution < 1.29 is 0 Å². The first-order valence-corrected chi connectivity index (χ1v) is 9.06. The Bertz CT molecular complexity index is 825. The molecule has 4 rings (SSSR count). The van der Waals surface area contributed by atoms with Crippen LogP contribution in [0.4, 0.5) is 5.82 Å². The second-order valence-corrected chi connectivity index (χ2v) is 7.34. The number of likely N-dealkylation sites (N-methyl/N-ethyl adjacent to an activating group) is 1. The average Bonchev–Trinajstić information content (AvgIpc) is 2.57. The fourth-order valence-corrected chi connectivity index (χ4v) is 3.66. The van der Waals surface area contributed by atoms with E-state index < -0.39 is 0 Å². The largest absolute Gasteiger partial charge is 0.352 e. The highest BCUT2D eigenvalue weighted by molar-refractivity contribution is 5.45. The molecule has 0 radical (unpaired) electrons. The summed E-state index contributed by atoms with van der Waals surface area (Å²) in [7, 11) is 3.90. The number of pyridine rings is 1. The summed E-state index contributed by atoms with van der Waals surface area (Å²) in [5.41, 5.74) is 3.69. The number of hydrogen-bond donors (Lipinski definition) is 0. The third-order valence-corrected chi connectivity index (χ3v) is 5.47. The second-order valence-electron chi connectivity index (χ2n) is 7.34. The van der Waals surface area contributed by atoms with Crippen LogP contribution in [0.1, 0.15) is 29.7 Å². The predicted octanol–water partition coefficient (Wildman–Crippen LogP) is 1.37. The zero-order valence-corrected chi connectivity index (χ0v) is 15.0. The SMILES string of the molecule is CN(Cc1ccn(C)c(=O)c1)C1CN(c2cc3c(nn2)CCCC3)C1. The molecular weight excluding hydrogens is 314 g/mol. The predicted molar refractivity (Wildman–Crippen MR) is 97.8 cm³/mol. The van der Waals surface area contributed by atoms with Crippen molar-refractivity contribution in [2.45, 2.75) is 38.3 Å². The van der Waals surface area contributed by atoms with Crippen molar-refractivity contribution in [3.8, 4) is 0 Å². The van der Waals surface area contributed by atoms with Crippen molar-refractivity contribution in [1.82, 2.24) is 19.7 Å². The van der Waals surface area contributed by atoms with E-state index in [1.54, 1.807) is 17.7 Å². The third kappa shape index (κ3) is 3.31. The van der Waals surface area contributed by atoms with Gasteiger partial charge in [0.1, 0.15) is 0 Å². The first-order chi connectivity index (χ1) is 12.1. The van der Waals surface area contributed by atoms with Gasteiger partial charge in [-0.25, -0.2) is 0 Å². The molecule has 3 heterocycles. The molecule has 1 aliphatic heterocycles. The quantitative estimate of drug-likeness (QED) is 0.842. The molecule has 0 amide bonds. The van der Waals surface area contributed by atoms with Crippen LogP contribution in [0.15, 0.2) is 29.2 Å². The number of anilines is 1. The van der Waals surface area contributed by atoms with Gasteiger partial charge in [0.15, 0.2) is 5.82 Å². The highest BCUT2D eigenvalue weighted by Gasteiger charge is 2.31. The van der Waals surface area contributed by atoms with Crippen LogP contribution >= 0.6 is 0 Å². The van der Waals surface area contributed by atoms with Gasteiger partial charge in [0.2, 0.25) is 0 Å². The molecule has 0 unspecified atom stereocenters. The van der Waals surface area contributed by atoms with E-state index in [1.165, 1.54) is 24.1 Å². The van der Waals surface area contributed by atoms with Crippen LogP contribution in [0.5, 0.6) is 0 Å². The van der Waals surface area contributed by atoms with Crippen LogP contribution in [0.3, 0.4) is 0 Å². The zero-order valence-electron chi connectivity index (χ0n) is 15.0. The van der Waals surface area contributed by atoms with Crippen LogP contribution in [-0.2, 0) is 26.4 Å². The highest BCUT2D eigenvalue weighted by atomic mass is 16.1. The molecule has 2 aromatic rings. The maximum atomic E-state index is 11.8. The Labute approximate surface area is 148 Å². The number of aromatic nitrogens is 3. The minimum Gasteiger partial charge on any atom is -0.352 e. The molecule has 0 saturated carbocycles. The molecule has 2 aliphatic rings. The second kappa shape index (κ2) is 6.59. The van der Waals surface area contributed by atoms with E-state index in [2.05, 4.69) is 33.1 Å². The van der Waals surface area contributed by atoms with Gasteiger partial charge in [-0.05, 0) is 56.0 Å². The first-order valence-electron chi connectivity index (χ1n) is 9.06. The van der Waals surface area contributed by atoms with E-state index in [4.69, 9.17) is 0 Å². The normalized spacial score (nSPS) is 17.5. The monoisotopic (exact) mass is 339 g/mol. The molecular formula is C19H25N5O. The summed E-state index contributed by atoms with van der Waals surface area (Å²) in [5.74, 6) is 1.01. The summed E-state index contributed by atoms with van der Waals surface area (Å²) in [6, 6.07) is 6.46. The molecule has 1 saturated heterocycles. The Morgan fingerprint density at radius 1 is 1.20 bits per heavy atom. The highest BCUT2D eigenvalue weighted by Crippen LogP contribution is 2.26. The summed E-state index contributed by atoms with van der Waals surface area (Å²) in [6.07, 6.45) is 6.55.